The Kier molecular flexibility index (Phi) is 2.83. The van der Waals surface area contributed by atoms with E-state index in [9.17, 15) is 9.90 Å². The van der Waals surface area contributed by atoms with Gasteiger partial charge in [-0.15, -0.1) is 5.10 Å². The third kappa shape index (κ3) is 2.31. The van der Waals surface area contributed by atoms with Crippen molar-refractivity contribution in [3.05, 3.63) is 53.7 Å². The number of rotatable bonds is 2. The fourth-order valence-corrected chi connectivity index (χ4v) is 1.86. The SMILES string of the molecule is Cc1ccc2nc(NC(=O)c3cccc(O)c3)nn2c1. The molecule has 0 unspecified atom stereocenters. The molecule has 0 bridgehead atoms. The number of aromatic nitrogens is 3. The molecular formula is C14H12N4O2. The number of aryl methyl sites for hydroxylation is 1. The van der Waals surface area contributed by atoms with E-state index >= 15 is 0 Å². The second kappa shape index (κ2) is 4.65. The van der Waals surface area contributed by atoms with E-state index < -0.39 is 0 Å². The fraction of sp³-hybridized carbons (Fsp3) is 0.0714. The second-order valence-corrected chi connectivity index (χ2v) is 4.45. The summed E-state index contributed by atoms with van der Waals surface area (Å²) >= 11 is 0. The molecule has 0 aliphatic heterocycles. The highest BCUT2D eigenvalue weighted by molar-refractivity contribution is 6.03. The maximum absolute atomic E-state index is 12.0. The Labute approximate surface area is 114 Å². The molecule has 6 heteroatoms. The van der Waals surface area contributed by atoms with Gasteiger partial charge in [-0.25, -0.2) is 4.52 Å². The third-order valence-corrected chi connectivity index (χ3v) is 2.81. The molecule has 0 aliphatic carbocycles. The van der Waals surface area contributed by atoms with Crippen molar-refractivity contribution in [2.45, 2.75) is 6.92 Å². The van der Waals surface area contributed by atoms with Crippen LogP contribution < -0.4 is 5.32 Å². The molecule has 6 nitrogen and oxygen atoms in total. The van der Waals surface area contributed by atoms with Crippen molar-refractivity contribution >= 4 is 17.5 Å². The normalized spacial score (nSPS) is 10.7. The Bertz CT molecular complexity index is 795. The lowest BCUT2D eigenvalue weighted by molar-refractivity contribution is 0.102. The van der Waals surface area contributed by atoms with Gasteiger partial charge in [0, 0.05) is 11.8 Å². The van der Waals surface area contributed by atoms with Crippen LogP contribution in [0.3, 0.4) is 0 Å². The summed E-state index contributed by atoms with van der Waals surface area (Å²) in [6, 6.07) is 9.84. The summed E-state index contributed by atoms with van der Waals surface area (Å²) in [5.41, 5.74) is 2.05. The molecule has 2 N–H and O–H groups in total. The monoisotopic (exact) mass is 268 g/mol. The highest BCUT2D eigenvalue weighted by atomic mass is 16.3. The highest BCUT2D eigenvalue weighted by Crippen LogP contribution is 2.13. The Morgan fingerprint density at radius 1 is 1.30 bits per heavy atom. The summed E-state index contributed by atoms with van der Waals surface area (Å²) < 4.78 is 1.60. The van der Waals surface area contributed by atoms with Gasteiger partial charge < -0.3 is 5.11 Å². The number of aromatic hydroxyl groups is 1. The van der Waals surface area contributed by atoms with Crippen molar-refractivity contribution in [3.63, 3.8) is 0 Å². The zero-order valence-electron chi connectivity index (χ0n) is 10.7. The molecule has 1 aromatic carbocycles. The number of hydrogen-bond acceptors (Lipinski definition) is 4. The first-order chi connectivity index (χ1) is 9.61. The summed E-state index contributed by atoms with van der Waals surface area (Å²) in [6.45, 7) is 1.95. The molecule has 2 aromatic heterocycles. The zero-order valence-corrected chi connectivity index (χ0v) is 10.7. The number of carbonyl (C=O) groups is 1. The van der Waals surface area contributed by atoms with Crippen LogP contribution in [0.1, 0.15) is 15.9 Å². The Morgan fingerprint density at radius 3 is 2.95 bits per heavy atom. The average molecular weight is 268 g/mol. The number of nitrogens with zero attached hydrogens (tertiary/aromatic N) is 3. The van der Waals surface area contributed by atoms with E-state index in [-0.39, 0.29) is 17.6 Å². The van der Waals surface area contributed by atoms with Gasteiger partial charge in [0.2, 0.25) is 5.95 Å². The topological polar surface area (TPSA) is 79.5 Å². The van der Waals surface area contributed by atoms with E-state index in [0.717, 1.165) is 5.56 Å². The van der Waals surface area contributed by atoms with E-state index in [1.54, 1.807) is 16.6 Å². The molecule has 0 fully saturated rings. The van der Waals surface area contributed by atoms with Gasteiger partial charge in [0.25, 0.3) is 5.91 Å². The van der Waals surface area contributed by atoms with E-state index in [2.05, 4.69) is 15.4 Å². The molecule has 0 atom stereocenters. The smallest absolute Gasteiger partial charge is 0.258 e. The number of hydrogen-bond donors (Lipinski definition) is 2. The first kappa shape index (κ1) is 12.2. The molecule has 20 heavy (non-hydrogen) atoms. The lowest BCUT2D eigenvalue weighted by Gasteiger charge is -2.00. The summed E-state index contributed by atoms with van der Waals surface area (Å²) in [5.74, 6) is -0.103. The number of phenolic OH excluding ortho intramolecular Hbond substituents is 1. The molecule has 0 saturated heterocycles. The van der Waals surface area contributed by atoms with Crippen LogP contribution in [0.5, 0.6) is 5.75 Å². The van der Waals surface area contributed by atoms with Crippen LogP contribution in [0, 0.1) is 6.92 Å². The second-order valence-electron chi connectivity index (χ2n) is 4.45. The Morgan fingerprint density at radius 2 is 2.15 bits per heavy atom. The van der Waals surface area contributed by atoms with Gasteiger partial charge in [-0.05, 0) is 36.8 Å². The molecule has 100 valence electrons. The molecule has 1 amide bonds. The number of phenols is 1. The minimum absolute atomic E-state index is 0.0382. The Hall–Kier alpha value is -2.89. The van der Waals surface area contributed by atoms with Crippen LogP contribution in [-0.2, 0) is 0 Å². The number of nitrogens with one attached hydrogen (secondary N) is 1. The Balaban J connectivity index is 1.87. The van der Waals surface area contributed by atoms with Crippen LogP contribution in [-0.4, -0.2) is 25.6 Å². The summed E-state index contributed by atoms with van der Waals surface area (Å²) in [7, 11) is 0. The number of fused-ring (bicyclic) bond motifs is 1. The number of amides is 1. The minimum Gasteiger partial charge on any atom is -0.508 e. The van der Waals surface area contributed by atoms with E-state index in [0.29, 0.717) is 11.2 Å². The maximum Gasteiger partial charge on any atom is 0.258 e. The van der Waals surface area contributed by atoms with Crippen molar-refractivity contribution in [1.29, 1.82) is 0 Å². The molecule has 0 aliphatic rings. The maximum atomic E-state index is 12.0. The predicted molar refractivity (Wildman–Crippen MR) is 73.8 cm³/mol. The van der Waals surface area contributed by atoms with Crippen LogP contribution in [0.15, 0.2) is 42.6 Å². The van der Waals surface area contributed by atoms with Crippen LogP contribution in [0.25, 0.3) is 5.65 Å². The number of carbonyl (C=O) groups excluding carboxylic acids is 1. The largest absolute Gasteiger partial charge is 0.508 e. The minimum atomic E-state index is -0.367. The van der Waals surface area contributed by atoms with Crippen molar-refractivity contribution in [1.82, 2.24) is 14.6 Å². The van der Waals surface area contributed by atoms with Crippen LogP contribution in [0.4, 0.5) is 5.95 Å². The van der Waals surface area contributed by atoms with Gasteiger partial charge in [0.15, 0.2) is 5.65 Å². The summed E-state index contributed by atoms with van der Waals surface area (Å²) in [6.07, 6.45) is 1.83. The number of pyridine rings is 1. The lowest BCUT2D eigenvalue weighted by Crippen LogP contribution is -2.12. The number of benzene rings is 1. The predicted octanol–water partition coefficient (Wildman–Crippen LogP) is 2.00. The van der Waals surface area contributed by atoms with Crippen molar-refractivity contribution in [2.24, 2.45) is 0 Å². The lowest BCUT2D eigenvalue weighted by atomic mass is 10.2. The van der Waals surface area contributed by atoms with Crippen LogP contribution >= 0.6 is 0 Å². The zero-order chi connectivity index (χ0) is 14.1. The summed E-state index contributed by atoms with van der Waals surface area (Å²) in [4.78, 5) is 16.2. The average Bonchev–Trinajstić information content (AvgIpc) is 2.80. The van der Waals surface area contributed by atoms with E-state index in [1.165, 1.54) is 12.1 Å². The van der Waals surface area contributed by atoms with Crippen molar-refractivity contribution < 1.29 is 9.90 Å². The van der Waals surface area contributed by atoms with Crippen LogP contribution in [0.2, 0.25) is 0 Å². The molecule has 2 heterocycles. The highest BCUT2D eigenvalue weighted by Gasteiger charge is 2.10. The van der Waals surface area contributed by atoms with Gasteiger partial charge in [-0.1, -0.05) is 12.1 Å². The molecule has 0 spiro atoms. The first-order valence-electron chi connectivity index (χ1n) is 6.05. The van der Waals surface area contributed by atoms with Gasteiger partial charge in [0.05, 0.1) is 0 Å². The van der Waals surface area contributed by atoms with Gasteiger partial charge in [-0.3, -0.25) is 10.1 Å². The number of anilines is 1. The van der Waals surface area contributed by atoms with Gasteiger partial charge in [-0.2, -0.15) is 4.98 Å². The molecule has 3 rings (SSSR count). The van der Waals surface area contributed by atoms with Gasteiger partial charge in [0.1, 0.15) is 5.75 Å². The van der Waals surface area contributed by atoms with E-state index in [4.69, 9.17) is 0 Å². The van der Waals surface area contributed by atoms with Crippen molar-refractivity contribution in [2.75, 3.05) is 5.32 Å². The molecule has 0 saturated carbocycles. The quantitative estimate of drug-likeness (QED) is 0.745. The molecular weight excluding hydrogens is 256 g/mol. The van der Waals surface area contributed by atoms with E-state index in [1.807, 2.05) is 25.3 Å². The first-order valence-corrected chi connectivity index (χ1v) is 6.05. The van der Waals surface area contributed by atoms with Crippen molar-refractivity contribution in [3.8, 4) is 5.75 Å². The molecule has 3 aromatic rings. The summed E-state index contributed by atoms with van der Waals surface area (Å²) in [5, 5.41) is 16.1. The third-order valence-electron chi connectivity index (χ3n) is 2.81. The standard InChI is InChI=1S/C14H12N4O2/c1-9-5-6-12-15-14(17-18(12)8-9)16-13(20)10-3-2-4-11(19)7-10/h2-8,19H,1H3,(H,16,17,20). The molecule has 0 radical (unpaired) electrons. The van der Waals surface area contributed by atoms with Gasteiger partial charge >= 0.3 is 0 Å². The fourth-order valence-electron chi connectivity index (χ4n) is 1.86.